The lowest BCUT2D eigenvalue weighted by Crippen LogP contribution is -2.32. The highest BCUT2D eigenvalue weighted by molar-refractivity contribution is 5.98. The molecule has 112 valence electrons. The SMILES string of the molecule is O=C(NC[C@@H]1CCCO1)c1ccc([N+](=O)[O-])cc1[N+](=O)[O-]. The van der Waals surface area contributed by atoms with Gasteiger partial charge in [0.15, 0.2) is 0 Å². The molecule has 1 heterocycles. The van der Waals surface area contributed by atoms with Gasteiger partial charge < -0.3 is 10.1 Å². The van der Waals surface area contributed by atoms with Crippen molar-refractivity contribution >= 4 is 17.3 Å². The summed E-state index contributed by atoms with van der Waals surface area (Å²) in [5.74, 6) is -0.646. The summed E-state index contributed by atoms with van der Waals surface area (Å²) in [5, 5.41) is 24.1. The molecule has 1 aromatic carbocycles. The second kappa shape index (κ2) is 6.27. The molecule has 1 aromatic rings. The van der Waals surface area contributed by atoms with E-state index in [1.165, 1.54) is 0 Å². The number of carbonyl (C=O) groups excluding carboxylic acids is 1. The first-order valence-corrected chi connectivity index (χ1v) is 6.31. The second-order valence-corrected chi connectivity index (χ2v) is 4.56. The minimum absolute atomic E-state index is 0.0916. The minimum Gasteiger partial charge on any atom is -0.376 e. The van der Waals surface area contributed by atoms with Crippen LogP contribution in [0.4, 0.5) is 11.4 Å². The van der Waals surface area contributed by atoms with Crippen LogP contribution in [0.2, 0.25) is 0 Å². The number of hydrogen-bond donors (Lipinski definition) is 1. The molecule has 0 aromatic heterocycles. The van der Waals surface area contributed by atoms with Crippen molar-refractivity contribution in [2.75, 3.05) is 13.2 Å². The van der Waals surface area contributed by atoms with E-state index in [0.717, 1.165) is 31.0 Å². The monoisotopic (exact) mass is 295 g/mol. The molecule has 0 unspecified atom stereocenters. The largest absolute Gasteiger partial charge is 0.376 e. The zero-order chi connectivity index (χ0) is 15.4. The lowest BCUT2D eigenvalue weighted by Gasteiger charge is -2.10. The van der Waals surface area contributed by atoms with E-state index in [-0.39, 0.29) is 18.2 Å². The number of hydrogen-bond acceptors (Lipinski definition) is 6. The average Bonchev–Trinajstić information content (AvgIpc) is 2.97. The molecule has 9 heteroatoms. The Bertz CT molecular complexity index is 582. The topological polar surface area (TPSA) is 125 Å². The lowest BCUT2D eigenvalue weighted by atomic mass is 10.1. The van der Waals surface area contributed by atoms with Crippen LogP contribution in [0.3, 0.4) is 0 Å². The molecule has 1 saturated heterocycles. The normalized spacial score (nSPS) is 17.4. The van der Waals surface area contributed by atoms with Gasteiger partial charge >= 0.3 is 0 Å². The van der Waals surface area contributed by atoms with E-state index in [2.05, 4.69) is 5.32 Å². The number of amides is 1. The molecule has 1 amide bonds. The maximum absolute atomic E-state index is 12.0. The van der Waals surface area contributed by atoms with Crippen molar-refractivity contribution in [3.05, 3.63) is 44.0 Å². The Morgan fingerprint density at radius 1 is 1.33 bits per heavy atom. The van der Waals surface area contributed by atoms with Crippen molar-refractivity contribution in [1.29, 1.82) is 0 Å². The Balaban J connectivity index is 2.15. The highest BCUT2D eigenvalue weighted by Gasteiger charge is 2.25. The van der Waals surface area contributed by atoms with Crippen molar-refractivity contribution in [3.63, 3.8) is 0 Å². The maximum Gasteiger partial charge on any atom is 0.289 e. The molecule has 0 saturated carbocycles. The number of rotatable bonds is 5. The Morgan fingerprint density at radius 2 is 2.10 bits per heavy atom. The van der Waals surface area contributed by atoms with Crippen molar-refractivity contribution in [1.82, 2.24) is 5.32 Å². The number of carbonyl (C=O) groups is 1. The predicted molar refractivity (Wildman–Crippen MR) is 71.1 cm³/mol. The van der Waals surface area contributed by atoms with Gasteiger partial charge in [0.05, 0.1) is 22.0 Å². The highest BCUT2D eigenvalue weighted by Crippen LogP contribution is 2.24. The number of non-ortho nitro benzene ring substituents is 1. The average molecular weight is 295 g/mol. The summed E-state index contributed by atoms with van der Waals surface area (Å²) in [7, 11) is 0. The molecule has 2 rings (SSSR count). The first-order chi connectivity index (χ1) is 9.99. The van der Waals surface area contributed by atoms with Gasteiger partial charge in [-0.1, -0.05) is 0 Å². The zero-order valence-electron chi connectivity index (χ0n) is 11.0. The smallest absolute Gasteiger partial charge is 0.289 e. The highest BCUT2D eigenvalue weighted by atomic mass is 16.6. The fourth-order valence-corrected chi connectivity index (χ4v) is 2.08. The molecule has 1 aliphatic rings. The molecule has 0 aliphatic carbocycles. The molecule has 1 atom stereocenters. The standard InChI is InChI=1S/C12H13N3O6/c16-12(13-7-9-2-1-5-21-9)10-4-3-8(14(17)18)6-11(10)15(19)20/h3-4,6,9H,1-2,5,7H2,(H,13,16)/t9-/m0/s1. The summed E-state index contributed by atoms with van der Waals surface area (Å²) in [6.45, 7) is 0.894. The summed E-state index contributed by atoms with van der Waals surface area (Å²) >= 11 is 0. The summed E-state index contributed by atoms with van der Waals surface area (Å²) in [4.78, 5) is 32.0. The molecule has 0 radical (unpaired) electrons. The van der Waals surface area contributed by atoms with E-state index in [4.69, 9.17) is 4.74 Å². The van der Waals surface area contributed by atoms with Gasteiger partial charge in [-0.15, -0.1) is 0 Å². The van der Waals surface area contributed by atoms with Gasteiger partial charge in [-0.3, -0.25) is 25.0 Å². The molecule has 21 heavy (non-hydrogen) atoms. The van der Waals surface area contributed by atoms with Crippen molar-refractivity contribution in [3.8, 4) is 0 Å². The van der Waals surface area contributed by atoms with Gasteiger partial charge in [0.1, 0.15) is 5.56 Å². The third-order valence-corrected chi connectivity index (χ3v) is 3.15. The Kier molecular flexibility index (Phi) is 4.43. The van der Waals surface area contributed by atoms with E-state index in [1.54, 1.807) is 0 Å². The van der Waals surface area contributed by atoms with Gasteiger partial charge in [-0.25, -0.2) is 0 Å². The van der Waals surface area contributed by atoms with Gasteiger partial charge in [-0.2, -0.15) is 0 Å². The number of nitro groups is 2. The first-order valence-electron chi connectivity index (χ1n) is 6.31. The Hall–Kier alpha value is -2.55. The fourth-order valence-electron chi connectivity index (χ4n) is 2.08. The Morgan fingerprint density at radius 3 is 2.67 bits per heavy atom. The Labute approximate surface area is 119 Å². The van der Waals surface area contributed by atoms with Crippen molar-refractivity contribution < 1.29 is 19.4 Å². The lowest BCUT2D eigenvalue weighted by molar-refractivity contribution is -0.394. The van der Waals surface area contributed by atoms with E-state index in [1.807, 2.05) is 0 Å². The summed E-state index contributed by atoms with van der Waals surface area (Å²) in [6.07, 6.45) is 1.65. The van der Waals surface area contributed by atoms with Crippen molar-refractivity contribution in [2.24, 2.45) is 0 Å². The number of nitrogens with one attached hydrogen (secondary N) is 1. The van der Waals surface area contributed by atoms with Crippen LogP contribution in [0.1, 0.15) is 23.2 Å². The van der Waals surface area contributed by atoms with Crippen LogP contribution < -0.4 is 5.32 Å². The van der Waals surface area contributed by atoms with Gasteiger partial charge in [0.25, 0.3) is 17.3 Å². The van der Waals surface area contributed by atoms with Crippen LogP contribution >= 0.6 is 0 Å². The number of benzene rings is 1. The summed E-state index contributed by atoms with van der Waals surface area (Å²) in [5.41, 5.74) is -1.23. The molecular weight excluding hydrogens is 282 g/mol. The van der Waals surface area contributed by atoms with E-state index < -0.39 is 27.1 Å². The quantitative estimate of drug-likeness (QED) is 0.646. The van der Waals surface area contributed by atoms with Crippen LogP contribution in [0.5, 0.6) is 0 Å². The maximum atomic E-state index is 12.0. The molecule has 9 nitrogen and oxygen atoms in total. The first kappa shape index (κ1) is 14.9. The second-order valence-electron chi connectivity index (χ2n) is 4.56. The van der Waals surface area contributed by atoms with Gasteiger partial charge in [-0.05, 0) is 18.9 Å². The number of ether oxygens (including phenoxy) is 1. The third-order valence-electron chi connectivity index (χ3n) is 3.15. The van der Waals surface area contributed by atoms with Gasteiger partial charge in [0, 0.05) is 19.2 Å². The van der Waals surface area contributed by atoms with Crippen LogP contribution in [0, 0.1) is 20.2 Å². The van der Waals surface area contributed by atoms with E-state index in [0.29, 0.717) is 6.61 Å². The van der Waals surface area contributed by atoms with Crippen LogP contribution in [0.25, 0.3) is 0 Å². The minimum atomic E-state index is -0.812. The zero-order valence-corrected chi connectivity index (χ0v) is 11.0. The predicted octanol–water partition coefficient (Wildman–Crippen LogP) is 1.41. The molecule has 0 spiro atoms. The summed E-state index contributed by atoms with van der Waals surface area (Å²) in [6, 6.07) is 2.93. The van der Waals surface area contributed by atoms with E-state index in [9.17, 15) is 25.0 Å². The van der Waals surface area contributed by atoms with Crippen LogP contribution in [-0.2, 0) is 4.74 Å². The molecule has 1 fully saturated rings. The van der Waals surface area contributed by atoms with Crippen LogP contribution in [-0.4, -0.2) is 35.0 Å². The van der Waals surface area contributed by atoms with Crippen LogP contribution in [0.15, 0.2) is 18.2 Å². The molecule has 0 bridgehead atoms. The summed E-state index contributed by atoms with van der Waals surface area (Å²) < 4.78 is 5.33. The van der Waals surface area contributed by atoms with E-state index >= 15 is 0 Å². The molecule has 1 aliphatic heterocycles. The molecule has 1 N–H and O–H groups in total. The third kappa shape index (κ3) is 3.51. The number of nitro benzene ring substituents is 2. The van der Waals surface area contributed by atoms with Gasteiger partial charge in [0.2, 0.25) is 0 Å². The number of nitrogens with zero attached hydrogens (tertiary/aromatic N) is 2. The van der Waals surface area contributed by atoms with Crippen molar-refractivity contribution in [2.45, 2.75) is 18.9 Å². The molecular formula is C12H13N3O6. The fraction of sp³-hybridized carbons (Fsp3) is 0.417.